The Labute approximate surface area is 346 Å². The first-order chi connectivity index (χ1) is 26.9. The van der Waals surface area contributed by atoms with E-state index in [1.165, 1.54) is 43.2 Å². The molecule has 0 saturated heterocycles. The summed E-state index contributed by atoms with van der Waals surface area (Å²) in [7, 11) is -1.40. The number of furan rings is 1. The maximum absolute atomic E-state index is 6.27. The van der Waals surface area contributed by atoms with Crippen LogP contribution in [-0.4, -0.2) is 18.8 Å². The molecule has 283 valence electrons. The second kappa shape index (κ2) is 15.2. The number of pyridine rings is 1. The van der Waals surface area contributed by atoms with Crippen LogP contribution in [0.4, 0.5) is 5.69 Å². The molecule has 0 amide bonds. The minimum absolute atomic E-state index is 0. The van der Waals surface area contributed by atoms with E-state index in [0.29, 0.717) is 0 Å². The smallest absolute Gasteiger partial charge is 0.120 e. The molecule has 5 aromatic carbocycles. The molecule has 1 radical (unpaired) electrons. The van der Waals surface area contributed by atoms with Crippen molar-refractivity contribution >= 4 is 46.6 Å². The predicted octanol–water partition coefficient (Wildman–Crippen LogP) is 12.4. The Morgan fingerprint density at radius 1 is 0.714 bits per heavy atom. The number of hydrogen-bond acceptors (Lipinski definition) is 3. The maximum atomic E-state index is 6.27. The van der Waals surface area contributed by atoms with Gasteiger partial charge in [0, 0.05) is 37.6 Å². The molecule has 5 heteroatoms. The summed E-state index contributed by atoms with van der Waals surface area (Å²) in [4.78, 5) is 9.89. The topological polar surface area (TPSA) is 38.4 Å². The van der Waals surface area contributed by atoms with Gasteiger partial charge in [0.2, 0.25) is 0 Å². The fourth-order valence-electron chi connectivity index (χ4n) is 10.9. The van der Waals surface area contributed by atoms with E-state index in [4.69, 9.17) is 14.4 Å². The Morgan fingerprint density at radius 3 is 2.18 bits per heavy atom. The van der Waals surface area contributed by atoms with Crippen molar-refractivity contribution in [2.45, 2.75) is 64.1 Å². The molecule has 7 aromatic rings. The Hall–Kier alpha value is -4.41. The molecule has 1 atom stereocenters. The van der Waals surface area contributed by atoms with Crippen molar-refractivity contribution < 1.29 is 24.5 Å². The summed E-state index contributed by atoms with van der Waals surface area (Å²) in [5, 5.41) is 3.81. The summed E-state index contributed by atoms with van der Waals surface area (Å²) in [6.07, 6.45) is 11.1. The molecule has 3 nitrogen and oxygen atoms in total. The van der Waals surface area contributed by atoms with Gasteiger partial charge in [-0.1, -0.05) is 109 Å². The average molecular weight is 925 g/mol. The number of rotatable bonds is 6. The molecule has 4 aliphatic carbocycles. The van der Waals surface area contributed by atoms with E-state index in [1.54, 1.807) is 17.2 Å². The third-order valence-electron chi connectivity index (χ3n) is 13.2. The monoisotopic (exact) mass is 925 g/mol. The normalized spacial score (nSPS) is 23.3. The number of hydrogen-bond donors (Lipinski definition) is 0. The Bertz CT molecular complexity index is 2510. The summed E-state index contributed by atoms with van der Waals surface area (Å²) in [6, 6.07) is 48.6. The number of benzene rings is 5. The Kier molecular flexibility index (Phi) is 10.1. The van der Waals surface area contributed by atoms with Crippen LogP contribution in [0.15, 0.2) is 137 Å². The first-order valence-corrected chi connectivity index (χ1v) is 23.9. The van der Waals surface area contributed by atoms with Crippen molar-refractivity contribution in [3.05, 3.63) is 162 Å². The van der Waals surface area contributed by atoms with Crippen LogP contribution in [0.3, 0.4) is 0 Å². The SMILES string of the molecule is C[Si](C)(C)c1cnc(-c2[c-]cccc2)cc1CC1C2CC3CC(C2)CC1C3.[Ir].[c-]1ccc2c(oc3ccccc32)c1C1=Nc2ccccc2C1c1ccccc1. The van der Waals surface area contributed by atoms with Crippen molar-refractivity contribution in [3.8, 4) is 11.3 Å². The fraction of sp³-hybridized carbons (Fsp3) is 0.294. The zero-order valence-corrected chi connectivity index (χ0v) is 35.9. The van der Waals surface area contributed by atoms with E-state index in [1.807, 2.05) is 48.5 Å². The van der Waals surface area contributed by atoms with E-state index >= 15 is 0 Å². The van der Waals surface area contributed by atoms with Gasteiger partial charge in [-0.2, -0.15) is 0 Å². The second-order valence-electron chi connectivity index (χ2n) is 17.6. The van der Waals surface area contributed by atoms with Crippen molar-refractivity contribution in [3.63, 3.8) is 0 Å². The largest absolute Gasteiger partial charge is 0.501 e. The zero-order valence-electron chi connectivity index (χ0n) is 32.5. The molecule has 12 rings (SSSR count). The van der Waals surface area contributed by atoms with Crippen LogP contribution in [0.5, 0.6) is 0 Å². The molecular weight excluding hydrogens is 877 g/mol. The van der Waals surface area contributed by atoms with Crippen LogP contribution < -0.4 is 5.19 Å². The molecule has 5 aliphatic rings. The van der Waals surface area contributed by atoms with Crippen LogP contribution in [0, 0.1) is 41.7 Å². The van der Waals surface area contributed by atoms with Gasteiger partial charge in [0.05, 0.1) is 19.3 Å². The Morgan fingerprint density at radius 2 is 1.43 bits per heavy atom. The molecule has 0 N–H and O–H groups in total. The van der Waals surface area contributed by atoms with Gasteiger partial charge in [-0.15, -0.1) is 54.1 Å². The molecule has 4 bridgehead atoms. The first-order valence-electron chi connectivity index (χ1n) is 20.4. The summed E-state index contributed by atoms with van der Waals surface area (Å²) < 4.78 is 6.27. The van der Waals surface area contributed by atoms with Gasteiger partial charge in [-0.3, -0.25) is 4.99 Å². The molecule has 1 unspecified atom stereocenters. The summed E-state index contributed by atoms with van der Waals surface area (Å²) in [5.74, 6) is 5.11. The summed E-state index contributed by atoms with van der Waals surface area (Å²) in [5.41, 5.74) is 11.0. The maximum Gasteiger partial charge on any atom is 0.120 e. The molecular formula is C51H48IrN2OSi-2. The van der Waals surface area contributed by atoms with E-state index in [0.717, 1.165) is 79.7 Å². The van der Waals surface area contributed by atoms with Crippen LogP contribution in [0.25, 0.3) is 33.2 Å². The minimum Gasteiger partial charge on any atom is -0.501 e. The first kappa shape index (κ1) is 37.2. The zero-order chi connectivity index (χ0) is 37.1. The van der Waals surface area contributed by atoms with Gasteiger partial charge in [0.1, 0.15) is 5.58 Å². The van der Waals surface area contributed by atoms with Gasteiger partial charge in [-0.05, 0) is 108 Å². The Balaban J connectivity index is 0.000000144. The fourth-order valence-corrected chi connectivity index (χ4v) is 12.5. The molecule has 1 aliphatic heterocycles. The van der Waals surface area contributed by atoms with Crippen LogP contribution >= 0.6 is 0 Å². The number of nitrogens with zero attached hydrogens (tertiary/aromatic N) is 2. The van der Waals surface area contributed by atoms with Crippen molar-refractivity contribution in [1.82, 2.24) is 4.98 Å². The molecule has 56 heavy (non-hydrogen) atoms. The van der Waals surface area contributed by atoms with E-state index in [-0.39, 0.29) is 26.0 Å². The number of aliphatic imine (C=N–C) groups is 1. The summed E-state index contributed by atoms with van der Waals surface area (Å²) >= 11 is 0. The second-order valence-corrected chi connectivity index (χ2v) is 22.7. The van der Waals surface area contributed by atoms with Crippen LogP contribution in [0.1, 0.15) is 60.3 Å². The van der Waals surface area contributed by atoms with E-state index in [2.05, 4.69) is 111 Å². The molecule has 3 heterocycles. The van der Waals surface area contributed by atoms with Gasteiger partial charge in [-0.25, -0.2) is 0 Å². The van der Waals surface area contributed by atoms with Crippen molar-refractivity contribution in [2.24, 2.45) is 34.6 Å². The molecule has 4 fully saturated rings. The van der Waals surface area contributed by atoms with E-state index < -0.39 is 8.07 Å². The van der Waals surface area contributed by atoms with Gasteiger partial charge in [0.15, 0.2) is 0 Å². The van der Waals surface area contributed by atoms with Gasteiger partial charge in [0.25, 0.3) is 0 Å². The average Bonchev–Trinajstić information content (AvgIpc) is 3.79. The third-order valence-corrected chi connectivity index (χ3v) is 15.2. The van der Waals surface area contributed by atoms with Crippen molar-refractivity contribution in [1.29, 1.82) is 0 Å². The number of aromatic nitrogens is 1. The molecule has 4 saturated carbocycles. The van der Waals surface area contributed by atoms with Gasteiger partial charge >= 0.3 is 0 Å². The third kappa shape index (κ3) is 6.86. The van der Waals surface area contributed by atoms with Crippen molar-refractivity contribution in [2.75, 3.05) is 0 Å². The standard InChI is InChI=1S/C26H16NO.C25H32NSi.Ir/c1-2-9-17(10-3-1)24-20-12-4-6-15-22(20)27-25(24)21-14-8-13-19-18-11-5-7-16-23(18)28-26(19)21;1-27(2,3)25-16-26-24(19-7-5-4-6-8-19)15-22(25)14-23-20-10-17-9-18(12-20)13-21(23)11-17;/h1-13,15-16,24H;4-7,15-18,20-21,23H,9-14H2,1-3H3;/q2*-1;. The van der Waals surface area contributed by atoms with Gasteiger partial charge < -0.3 is 9.40 Å². The summed E-state index contributed by atoms with van der Waals surface area (Å²) in [6.45, 7) is 7.41. The number of fused-ring (bicyclic) bond motifs is 4. The van der Waals surface area contributed by atoms with Crippen LogP contribution in [0.2, 0.25) is 19.6 Å². The molecule has 2 aromatic heterocycles. The van der Waals surface area contributed by atoms with Crippen LogP contribution in [-0.2, 0) is 26.5 Å². The van der Waals surface area contributed by atoms with E-state index in [9.17, 15) is 0 Å². The molecule has 0 spiro atoms. The number of para-hydroxylation sites is 2. The minimum atomic E-state index is -1.40. The predicted molar refractivity (Wildman–Crippen MR) is 229 cm³/mol. The quantitative estimate of drug-likeness (QED) is 0.123.